The van der Waals surface area contributed by atoms with E-state index in [-0.39, 0.29) is 11.8 Å². The van der Waals surface area contributed by atoms with Crippen LogP contribution < -0.4 is 0 Å². The molecule has 28 heavy (non-hydrogen) atoms. The predicted molar refractivity (Wildman–Crippen MR) is 104 cm³/mol. The van der Waals surface area contributed by atoms with Crippen LogP contribution in [-0.4, -0.2) is 44.9 Å². The van der Waals surface area contributed by atoms with E-state index in [9.17, 15) is 9.59 Å². The van der Waals surface area contributed by atoms with Crippen LogP contribution in [0, 0.1) is 6.92 Å². The van der Waals surface area contributed by atoms with Crippen LogP contribution in [0.4, 0.5) is 0 Å². The monoisotopic (exact) mass is 380 g/mol. The number of ketones is 1. The molecule has 3 aromatic rings. The number of benzene rings is 1. The Morgan fingerprint density at radius 1 is 1.18 bits per heavy atom. The molecule has 3 heterocycles. The summed E-state index contributed by atoms with van der Waals surface area (Å²) in [5.41, 5.74) is 2.06. The fourth-order valence-electron chi connectivity index (χ4n) is 3.79. The molecular formula is C21H24N4O3. The Balaban J connectivity index is 1.46. The Morgan fingerprint density at radius 3 is 2.57 bits per heavy atom. The van der Waals surface area contributed by atoms with Gasteiger partial charge in [0.1, 0.15) is 0 Å². The lowest BCUT2D eigenvalue weighted by Crippen LogP contribution is -2.41. The van der Waals surface area contributed by atoms with Gasteiger partial charge in [-0.3, -0.25) is 9.59 Å². The van der Waals surface area contributed by atoms with Gasteiger partial charge in [0.2, 0.25) is 11.8 Å². The number of likely N-dealkylation sites (tertiary alicyclic amines) is 1. The van der Waals surface area contributed by atoms with Crippen molar-refractivity contribution in [2.45, 2.75) is 45.4 Å². The molecule has 7 nitrogen and oxygen atoms in total. The predicted octanol–water partition coefficient (Wildman–Crippen LogP) is 3.57. The molecule has 0 aliphatic carbocycles. The topological polar surface area (TPSA) is 92.1 Å². The summed E-state index contributed by atoms with van der Waals surface area (Å²) in [5.74, 6) is 0.704. The summed E-state index contributed by atoms with van der Waals surface area (Å²) in [6.07, 6.45) is 1.43. The number of fused-ring (bicyclic) bond motifs is 1. The lowest BCUT2D eigenvalue weighted by Gasteiger charge is -2.30. The molecular weight excluding hydrogens is 356 g/mol. The highest BCUT2D eigenvalue weighted by atomic mass is 16.4. The van der Waals surface area contributed by atoms with Gasteiger partial charge in [-0.15, -0.1) is 10.2 Å². The number of hydrogen-bond donors (Lipinski definition) is 1. The molecule has 0 bridgehead atoms. The zero-order valence-corrected chi connectivity index (χ0v) is 16.4. The first kappa shape index (κ1) is 18.4. The van der Waals surface area contributed by atoms with Gasteiger partial charge in [-0.05, 0) is 25.8 Å². The van der Waals surface area contributed by atoms with Crippen molar-refractivity contribution in [2.75, 3.05) is 13.1 Å². The number of aromatic nitrogens is 3. The molecule has 1 saturated heterocycles. The number of piperidine rings is 1. The molecule has 1 aromatic carbocycles. The minimum Gasteiger partial charge on any atom is -0.425 e. The van der Waals surface area contributed by atoms with E-state index in [1.807, 2.05) is 45.0 Å². The number of H-pyrrole nitrogens is 1. The number of aryl methyl sites for hydroxylation is 1. The average molecular weight is 380 g/mol. The van der Waals surface area contributed by atoms with Crippen LogP contribution >= 0.6 is 0 Å². The van der Waals surface area contributed by atoms with E-state index in [4.69, 9.17) is 4.42 Å². The Labute approximate surface area is 163 Å². The number of carbonyl (C=O) groups is 2. The van der Waals surface area contributed by atoms with Gasteiger partial charge < -0.3 is 14.3 Å². The van der Waals surface area contributed by atoms with Gasteiger partial charge >= 0.3 is 0 Å². The van der Waals surface area contributed by atoms with Crippen LogP contribution in [0.25, 0.3) is 10.9 Å². The Hall–Kier alpha value is -2.96. The highest BCUT2D eigenvalue weighted by molar-refractivity contribution is 6.45. The smallest absolute Gasteiger partial charge is 0.295 e. The van der Waals surface area contributed by atoms with E-state index in [0.29, 0.717) is 43.3 Å². The van der Waals surface area contributed by atoms with E-state index in [1.165, 1.54) is 0 Å². The molecule has 146 valence electrons. The molecule has 1 N–H and O–H groups in total. The van der Waals surface area contributed by atoms with Crippen molar-refractivity contribution in [2.24, 2.45) is 0 Å². The maximum Gasteiger partial charge on any atom is 0.295 e. The molecule has 4 rings (SSSR count). The maximum atomic E-state index is 12.9. The lowest BCUT2D eigenvalue weighted by atomic mass is 9.96. The second-order valence-electron chi connectivity index (χ2n) is 7.70. The molecule has 1 aliphatic heterocycles. The van der Waals surface area contributed by atoms with E-state index in [2.05, 4.69) is 15.2 Å². The number of carbonyl (C=O) groups excluding carboxylic acids is 2. The summed E-state index contributed by atoms with van der Waals surface area (Å²) in [5, 5.41) is 9.04. The molecule has 7 heteroatoms. The number of aromatic amines is 1. The molecule has 0 radical (unpaired) electrons. The summed E-state index contributed by atoms with van der Waals surface area (Å²) < 4.78 is 5.75. The van der Waals surface area contributed by atoms with Gasteiger partial charge in [0.05, 0.1) is 5.56 Å². The summed E-state index contributed by atoms with van der Waals surface area (Å²) in [7, 11) is 0. The third-order valence-electron chi connectivity index (χ3n) is 5.40. The van der Waals surface area contributed by atoms with E-state index >= 15 is 0 Å². The Morgan fingerprint density at radius 2 is 1.89 bits per heavy atom. The summed E-state index contributed by atoms with van der Waals surface area (Å²) in [6, 6.07) is 7.55. The molecule has 1 amide bonds. The fourth-order valence-corrected chi connectivity index (χ4v) is 3.79. The minimum atomic E-state index is -0.451. The van der Waals surface area contributed by atoms with Crippen molar-refractivity contribution in [1.82, 2.24) is 20.1 Å². The van der Waals surface area contributed by atoms with Gasteiger partial charge in [0, 0.05) is 41.5 Å². The first-order valence-corrected chi connectivity index (χ1v) is 9.70. The second kappa shape index (κ2) is 7.22. The van der Waals surface area contributed by atoms with E-state index in [1.54, 1.807) is 4.90 Å². The van der Waals surface area contributed by atoms with E-state index in [0.717, 1.165) is 16.6 Å². The number of hydrogen-bond acceptors (Lipinski definition) is 5. The average Bonchev–Trinajstić information content (AvgIpc) is 3.31. The van der Waals surface area contributed by atoms with Gasteiger partial charge in [0.15, 0.2) is 0 Å². The third kappa shape index (κ3) is 3.21. The highest BCUT2D eigenvalue weighted by Gasteiger charge is 2.32. The minimum absolute atomic E-state index is 0.133. The number of nitrogens with zero attached hydrogens (tertiary/aromatic N) is 3. The lowest BCUT2D eigenvalue weighted by molar-refractivity contribution is -0.127. The van der Waals surface area contributed by atoms with Crippen LogP contribution in [0.1, 0.15) is 66.4 Å². The van der Waals surface area contributed by atoms with Crippen LogP contribution in [-0.2, 0) is 4.79 Å². The highest BCUT2D eigenvalue weighted by Crippen LogP contribution is 2.29. The summed E-state index contributed by atoms with van der Waals surface area (Å²) in [4.78, 5) is 30.6. The van der Waals surface area contributed by atoms with Crippen molar-refractivity contribution >= 4 is 22.6 Å². The second-order valence-corrected chi connectivity index (χ2v) is 7.70. The van der Waals surface area contributed by atoms with E-state index < -0.39 is 11.7 Å². The van der Waals surface area contributed by atoms with Crippen molar-refractivity contribution < 1.29 is 14.0 Å². The van der Waals surface area contributed by atoms with Gasteiger partial charge in [0.25, 0.3) is 11.7 Å². The number of rotatable bonds is 4. The first-order valence-electron chi connectivity index (χ1n) is 9.70. The van der Waals surface area contributed by atoms with Crippen LogP contribution in [0.2, 0.25) is 0 Å². The van der Waals surface area contributed by atoms with Gasteiger partial charge in [-0.2, -0.15) is 0 Å². The zero-order valence-electron chi connectivity index (χ0n) is 16.4. The van der Waals surface area contributed by atoms with Crippen LogP contribution in [0.15, 0.2) is 28.7 Å². The summed E-state index contributed by atoms with van der Waals surface area (Å²) in [6.45, 7) is 6.87. The van der Waals surface area contributed by atoms with Crippen molar-refractivity contribution in [1.29, 1.82) is 0 Å². The van der Waals surface area contributed by atoms with Crippen LogP contribution in [0.3, 0.4) is 0 Å². The number of para-hydroxylation sites is 1. The van der Waals surface area contributed by atoms with Crippen molar-refractivity contribution in [3.63, 3.8) is 0 Å². The quantitative estimate of drug-likeness (QED) is 0.552. The molecule has 0 saturated carbocycles. The Kier molecular flexibility index (Phi) is 4.75. The van der Waals surface area contributed by atoms with Crippen molar-refractivity contribution in [3.05, 3.63) is 47.3 Å². The van der Waals surface area contributed by atoms with Gasteiger partial charge in [-0.25, -0.2) is 0 Å². The molecule has 2 aromatic heterocycles. The number of Topliss-reactive ketones (excluding diaryl/α,β-unsaturated/α-hetero) is 1. The molecule has 1 aliphatic rings. The van der Waals surface area contributed by atoms with Crippen LogP contribution in [0.5, 0.6) is 0 Å². The maximum absolute atomic E-state index is 12.9. The largest absolute Gasteiger partial charge is 0.425 e. The zero-order chi connectivity index (χ0) is 19.8. The number of amides is 1. The normalized spacial score (nSPS) is 15.5. The molecule has 0 unspecified atom stereocenters. The molecule has 0 atom stereocenters. The fraction of sp³-hybridized carbons (Fsp3) is 0.429. The standard InChI is InChI=1S/C21H24N4O3/c1-12(2)19-23-24-20(28-19)14-8-10-25(11-9-14)21(27)18(26)17-13(3)22-16-7-5-4-6-15(16)17/h4-7,12,14,22H,8-11H2,1-3H3. The molecule has 1 fully saturated rings. The van der Waals surface area contributed by atoms with Gasteiger partial charge in [-0.1, -0.05) is 32.0 Å². The van der Waals surface area contributed by atoms with Crippen molar-refractivity contribution in [3.8, 4) is 0 Å². The SMILES string of the molecule is Cc1[nH]c2ccccc2c1C(=O)C(=O)N1CCC(c2nnc(C(C)C)o2)CC1. The third-order valence-corrected chi connectivity index (χ3v) is 5.40. The molecule has 0 spiro atoms. The Bertz CT molecular complexity index is 1030. The first-order chi connectivity index (χ1) is 13.5. The number of nitrogens with one attached hydrogen (secondary N) is 1. The summed E-state index contributed by atoms with van der Waals surface area (Å²) >= 11 is 0.